The van der Waals surface area contributed by atoms with Gasteiger partial charge in [0.15, 0.2) is 0 Å². The third-order valence-corrected chi connectivity index (χ3v) is 6.59. The quantitative estimate of drug-likeness (QED) is 0.814. The first-order chi connectivity index (χ1) is 11.9. The average molecular weight is 371 g/mol. The van der Waals surface area contributed by atoms with E-state index in [-0.39, 0.29) is 34.4 Å². The molecule has 25 heavy (non-hydrogen) atoms. The van der Waals surface area contributed by atoms with E-state index in [1.165, 1.54) is 18.3 Å². The molecule has 2 aliphatic rings. The molecule has 0 radical (unpaired) electrons. The van der Waals surface area contributed by atoms with Crippen LogP contribution in [-0.2, 0) is 9.84 Å². The maximum absolute atomic E-state index is 12.1. The van der Waals surface area contributed by atoms with Crippen LogP contribution in [0.15, 0.2) is 22.9 Å². The molecule has 1 spiro atoms. The topological polar surface area (TPSA) is 95.2 Å². The molecule has 0 aromatic carbocycles. The van der Waals surface area contributed by atoms with Crippen LogP contribution in [0.2, 0.25) is 0 Å². The summed E-state index contributed by atoms with van der Waals surface area (Å²) in [4.78, 5) is 8.34. The van der Waals surface area contributed by atoms with Crippen LogP contribution in [0.5, 0.6) is 5.75 Å². The number of halogens is 2. The Morgan fingerprint density at radius 3 is 2.68 bits per heavy atom. The van der Waals surface area contributed by atoms with Gasteiger partial charge in [0.25, 0.3) is 0 Å². The Hall–Kier alpha value is -2.10. The number of alkyl halides is 2. The van der Waals surface area contributed by atoms with Crippen LogP contribution in [0.25, 0.3) is 11.5 Å². The highest BCUT2D eigenvalue weighted by molar-refractivity contribution is 7.91. The molecular weight excluding hydrogens is 356 g/mol. The van der Waals surface area contributed by atoms with E-state index < -0.39 is 16.4 Å². The highest BCUT2D eigenvalue weighted by Gasteiger charge is 2.59. The first kappa shape index (κ1) is 16.4. The van der Waals surface area contributed by atoms with E-state index in [2.05, 4.69) is 19.9 Å². The van der Waals surface area contributed by atoms with E-state index in [0.29, 0.717) is 24.4 Å². The van der Waals surface area contributed by atoms with E-state index in [1.54, 1.807) is 0 Å². The summed E-state index contributed by atoms with van der Waals surface area (Å²) in [6.07, 6.45) is 3.26. The maximum atomic E-state index is 12.1. The van der Waals surface area contributed by atoms with Gasteiger partial charge in [-0.15, -0.1) is 0 Å². The molecule has 10 heteroatoms. The number of nitrogens with zero attached hydrogens (tertiary/aromatic N) is 3. The number of hydrogen-bond acceptors (Lipinski definition) is 7. The molecule has 4 rings (SSSR count). The first-order valence-corrected chi connectivity index (χ1v) is 9.64. The molecule has 1 atom stereocenters. The molecule has 3 heterocycles. The molecule has 2 aromatic rings. The monoisotopic (exact) mass is 371 g/mol. The van der Waals surface area contributed by atoms with Crippen molar-refractivity contribution in [2.24, 2.45) is 5.41 Å². The van der Waals surface area contributed by atoms with Crippen LogP contribution in [0.3, 0.4) is 0 Å². The zero-order valence-corrected chi connectivity index (χ0v) is 13.9. The fourth-order valence-electron chi connectivity index (χ4n) is 3.36. The van der Waals surface area contributed by atoms with Gasteiger partial charge in [-0.05, 0) is 36.8 Å². The maximum Gasteiger partial charge on any atom is 0.387 e. The Kier molecular flexibility index (Phi) is 3.75. The third kappa shape index (κ3) is 3.22. The van der Waals surface area contributed by atoms with Crippen LogP contribution in [0.4, 0.5) is 8.78 Å². The minimum atomic E-state index is -2.91. The lowest BCUT2D eigenvalue weighted by Gasteiger charge is -2.21. The molecule has 134 valence electrons. The first-order valence-electron chi connectivity index (χ1n) is 7.82. The fourth-order valence-corrected chi connectivity index (χ4v) is 5.00. The second-order valence-corrected chi connectivity index (χ2v) is 8.79. The van der Waals surface area contributed by atoms with Crippen molar-refractivity contribution in [2.45, 2.75) is 31.8 Å². The SMILES string of the molecule is O=S1(=O)CCC2(CC1)CC2c1nc(-c2ccc(OC(F)F)cn2)no1. The largest absolute Gasteiger partial charge is 0.433 e. The van der Waals surface area contributed by atoms with Gasteiger partial charge >= 0.3 is 6.61 Å². The molecule has 1 aliphatic heterocycles. The Labute approximate surface area is 142 Å². The van der Waals surface area contributed by atoms with Crippen molar-refractivity contribution >= 4 is 9.84 Å². The highest BCUT2D eigenvalue weighted by atomic mass is 32.2. The number of sulfone groups is 1. The van der Waals surface area contributed by atoms with E-state index in [4.69, 9.17) is 4.52 Å². The average Bonchev–Trinajstić information content (AvgIpc) is 3.05. The predicted molar refractivity (Wildman–Crippen MR) is 81.8 cm³/mol. The van der Waals surface area contributed by atoms with E-state index >= 15 is 0 Å². The number of aromatic nitrogens is 3. The summed E-state index contributed by atoms with van der Waals surface area (Å²) in [5.74, 6) is 1.18. The van der Waals surface area contributed by atoms with Gasteiger partial charge in [0.2, 0.25) is 11.7 Å². The van der Waals surface area contributed by atoms with Crippen molar-refractivity contribution in [3.05, 3.63) is 24.2 Å². The van der Waals surface area contributed by atoms with Crippen LogP contribution in [0, 0.1) is 5.41 Å². The normalized spacial score (nSPS) is 23.7. The van der Waals surface area contributed by atoms with E-state index in [9.17, 15) is 17.2 Å². The van der Waals surface area contributed by atoms with Crippen molar-refractivity contribution in [1.29, 1.82) is 0 Å². The van der Waals surface area contributed by atoms with Gasteiger partial charge in [0.05, 0.1) is 17.7 Å². The van der Waals surface area contributed by atoms with Crippen molar-refractivity contribution in [1.82, 2.24) is 15.1 Å². The predicted octanol–water partition coefficient (Wildman–Crippen LogP) is 2.42. The van der Waals surface area contributed by atoms with Gasteiger partial charge in [-0.2, -0.15) is 13.8 Å². The molecule has 1 saturated carbocycles. The highest BCUT2D eigenvalue weighted by Crippen LogP contribution is 2.64. The summed E-state index contributed by atoms with van der Waals surface area (Å²) in [7, 11) is -2.91. The molecule has 7 nitrogen and oxygen atoms in total. The summed E-state index contributed by atoms with van der Waals surface area (Å²) < 4.78 is 57.0. The fraction of sp³-hybridized carbons (Fsp3) is 0.533. The van der Waals surface area contributed by atoms with Gasteiger partial charge in [0.1, 0.15) is 21.3 Å². The van der Waals surface area contributed by atoms with Crippen molar-refractivity contribution < 1.29 is 26.5 Å². The second kappa shape index (κ2) is 5.72. The lowest BCUT2D eigenvalue weighted by atomic mass is 9.96. The van der Waals surface area contributed by atoms with Gasteiger partial charge in [-0.3, -0.25) is 0 Å². The van der Waals surface area contributed by atoms with Crippen molar-refractivity contribution in [2.75, 3.05) is 11.5 Å². The summed E-state index contributed by atoms with van der Waals surface area (Å²) >= 11 is 0. The molecule has 0 amide bonds. The van der Waals surface area contributed by atoms with Gasteiger partial charge in [-0.1, -0.05) is 5.16 Å². The van der Waals surface area contributed by atoms with Crippen LogP contribution in [-0.4, -0.2) is 41.7 Å². The lowest BCUT2D eigenvalue weighted by molar-refractivity contribution is -0.0500. The number of ether oxygens (including phenoxy) is 1. The standard InChI is InChI=1S/C15H15F2N3O4S/c16-14(17)23-9-1-2-11(18-8-9)12-19-13(24-20-12)10-7-15(10)3-5-25(21,22)6-4-15/h1-2,8,10,14H,3-7H2. The summed E-state index contributed by atoms with van der Waals surface area (Å²) in [6.45, 7) is -2.91. The van der Waals surface area contributed by atoms with Crippen molar-refractivity contribution in [3.63, 3.8) is 0 Å². The van der Waals surface area contributed by atoms with Crippen LogP contribution < -0.4 is 4.74 Å². The molecule has 0 N–H and O–H groups in total. The Morgan fingerprint density at radius 2 is 2.04 bits per heavy atom. The molecule has 1 saturated heterocycles. The zero-order chi connectivity index (χ0) is 17.7. The van der Waals surface area contributed by atoms with Crippen LogP contribution in [0.1, 0.15) is 31.1 Å². The minimum absolute atomic E-state index is 0.0441. The summed E-state index contributed by atoms with van der Waals surface area (Å²) in [5.41, 5.74) is 0.342. The Balaban J connectivity index is 1.46. The molecule has 1 unspecified atom stereocenters. The number of pyridine rings is 1. The van der Waals surface area contributed by atoms with Crippen LogP contribution >= 0.6 is 0 Å². The second-order valence-electron chi connectivity index (χ2n) is 6.48. The molecule has 2 fully saturated rings. The molecule has 2 aromatic heterocycles. The van der Waals surface area contributed by atoms with E-state index in [0.717, 1.165) is 6.42 Å². The van der Waals surface area contributed by atoms with Crippen molar-refractivity contribution in [3.8, 4) is 17.3 Å². The van der Waals surface area contributed by atoms with E-state index in [1.807, 2.05) is 0 Å². The number of hydrogen-bond donors (Lipinski definition) is 0. The number of rotatable bonds is 4. The molecule has 0 bridgehead atoms. The lowest BCUT2D eigenvalue weighted by Crippen LogP contribution is -2.25. The van der Waals surface area contributed by atoms with Gasteiger partial charge in [0, 0.05) is 5.92 Å². The smallest absolute Gasteiger partial charge is 0.387 e. The molecule has 1 aliphatic carbocycles. The van der Waals surface area contributed by atoms with Gasteiger partial charge in [-0.25, -0.2) is 13.4 Å². The zero-order valence-electron chi connectivity index (χ0n) is 13.1. The summed E-state index contributed by atoms with van der Waals surface area (Å²) in [5, 5.41) is 3.89. The summed E-state index contributed by atoms with van der Waals surface area (Å²) in [6, 6.07) is 2.83. The Bertz CT molecular complexity index is 868. The molecular formula is C15H15F2N3O4S. The van der Waals surface area contributed by atoms with Gasteiger partial charge < -0.3 is 9.26 Å². The minimum Gasteiger partial charge on any atom is -0.433 e. The Morgan fingerprint density at radius 1 is 1.28 bits per heavy atom. The third-order valence-electron chi connectivity index (χ3n) is 4.94.